The molecule has 1 aromatic carbocycles. The summed E-state index contributed by atoms with van der Waals surface area (Å²) in [5.74, 6) is 0. The van der Waals surface area contributed by atoms with Crippen LogP contribution in [0.25, 0.3) is 10.9 Å². The molecule has 3 heteroatoms. The van der Waals surface area contributed by atoms with E-state index in [1.165, 1.54) is 16.6 Å². The van der Waals surface area contributed by atoms with Crippen molar-refractivity contribution in [2.45, 2.75) is 20.8 Å². The molecule has 0 fully saturated rings. The lowest BCUT2D eigenvalue weighted by atomic mass is 10.1. The van der Waals surface area contributed by atoms with Crippen molar-refractivity contribution in [2.24, 2.45) is 0 Å². The molecule has 1 heterocycles. The van der Waals surface area contributed by atoms with Gasteiger partial charge in [-0.25, -0.2) is 0 Å². The fourth-order valence-electron chi connectivity index (χ4n) is 1.64. The molecule has 2 nitrogen and oxygen atoms in total. The number of nitrogens with two attached hydrogens (primary N) is 1. The third-order valence-corrected chi connectivity index (χ3v) is 2.69. The summed E-state index contributed by atoms with van der Waals surface area (Å²) in [6.07, 6.45) is 0. The Labute approximate surface area is 89.9 Å². The van der Waals surface area contributed by atoms with Gasteiger partial charge in [0.25, 0.3) is 0 Å². The number of rotatable bonds is 0. The number of aromatic nitrogens is 1. The van der Waals surface area contributed by atoms with E-state index in [1.807, 2.05) is 13.0 Å². The third-order valence-electron chi connectivity index (χ3n) is 2.69. The second-order valence-electron chi connectivity index (χ2n) is 3.63. The lowest BCUT2D eigenvalue weighted by molar-refractivity contribution is 1.25. The highest BCUT2D eigenvalue weighted by atomic mass is 35.5. The highest BCUT2D eigenvalue weighted by molar-refractivity contribution is 5.88. The Balaban J connectivity index is 0.000000980. The number of aromatic amines is 1. The van der Waals surface area contributed by atoms with E-state index in [4.69, 9.17) is 5.73 Å². The second kappa shape index (κ2) is 3.54. The zero-order chi connectivity index (χ0) is 9.59. The molecule has 0 aliphatic rings. The monoisotopic (exact) mass is 210 g/mol. The van der Waals surface area contributed by atoms with Crippen molar-refractivity contribution in [3.8, 4) is 0 Å². The average molecular weight is 211 g/mol. The van der Waals surface area contributed by atoms with Crippen LogP contribution in [0.15, 0.2) is 12.1 Å². The Morgan fingerprint density at radius 2 is 1.79 bits per heavy atom. The van der Waals surface area contributed by atoms with Crippen LogP contribution in [0, 0.1) is 20.8 Å². The number of halogens is 1. The Morgan fingerprint density at radius 1 is 1.14 bits per heavy atom. The molecule has 14 heavy (non-hydrogen) atoms. The summed E-state index contributed by atoms with van der Waals surface area (Å²) in [6, 6.07) is 4.15. The molecule has 0 radical (unpaired) electrons. The van der Waals surface area contributed by atoms with Crippen molar-refractivity contribution in [3.63, 3.8) is 0 Å². The van der Waals surface area contributed by atoms with Crippen molar-refractivity contribution in [1.29, 1.82) is 0 Å². The molecule has 1 aromatic heterocycles. The van der Waals surface area contributed by atoms with Gasteiger partial charge in [0.15, 0.2) is 0 Å². The number of H-pyrrole nitrogens is 1. The van der Waals surface area contributed by atoms with Gasteiger partial charge < -0.3 is 10.7 Å². The SMILES string of the molecule is Cc1cc2c(C)c(C)[nH]c2cc1N.Cl. The van der Waals surface area contributed by atoms with Gasteiger partial charge in [0, 0.05) is 22.3 Å². The van der Waals surface area contributed by atoms with Crippen LogP contribution < -0.4 is 5.73 Å². The van der Waals surface area contributed by atoms with Crippen LogP contribution in [-0.4, -0.2) is 4.98 Å². The summed E-state index contributed by atoms with van der Waals surface area (Å²) in [7, 11) is 0. The van der Waals surface area contributed by atoms with Crippen molar-refractivity contribution >= 4 is 29.0 Å². The normalized spacial score (nSPS) is 10.2. The molecule has 0 bridgehead atoms. The molecule has 0 saturated carbocycles. The highest BCUT2D eigenvalue weighted by Gasteiger charge is 2.05. The summed E-state index contributed by atoms with van der Waals surface area (Å²) in [4.78, 5) is 3.31. The van der Waals surface area contributed by atoms with E-state index >= 15 is 0 Å². The summed E-state index contributed by atoms with van der Waals surface area (Å²) < 4.78 is 0. The van der Waals surface area contributed by atoms with E-state index in [0.717, 1.165) is 16.8 Å². The molecule has 0 atom stereocenters. The molecule has 0 unspecified atom stereocenters. The third kappa shape index (κ3) is 1.46. The Hall–Kier alpha value is -1.15. The molecule has 0 spiro atoms. The summed E-state index contributed by atoms with van der Waals surface area (Å²) >= 11 is 0. The predicted octanol–water partition coefficient (Wildman–Crippen LogP) is 3.10. The van der Waals surface area contributed by atoms with E-state index in [1.54, 1.807) is 0 Å². The minimum absolute atomic E-state index is 0. The zero-order valence-corrected chi connectivity index (χ0v) is 9.46. The van der Waals surface area contributed by atoms with E-state index in [9.17, 15) is 0 Å². The van der Waals surface area contributed by atoms with E-state index in [2.05, 4.69) is 24.9 Å². The molecule has 0 aliphatic heterocycles. The summed E-state index contributed by atoms with van der Waals surface area (Å²) in [6.45, 7) is 6.25. The summed E-state index contributed by atoms with van der Waals surface area (Å²) in [5.41, 5.74) is 11.5. The fourth-order valence-corrected chi connectivity index (χ4v) is 1.64. The molecule has 2 rings (SSSR count). The van der Waals surface area contributed by atoms with Crippen molar-refractivity contribution in [2.75, 3.05) is 5.73 Å². The molecule has 3 N–H and O–H groups in total. The summed E-state index contributed by atoms with van der Waals surface area (Å²) in [5, 5.41) is 1.28. The molecule has 0 aliphatic carbocycles. The number of aryl methyl sites for hydroxylation is 3. The first-order valence-electron chi connectivity index (χ1n) is 4.44. The van der Waals surface area contributed by atoms with Gasteiger partial charge >= 0.3 is 0 Å². The standard InChI is InChI=1S/C11H14N2.ClH/c1-6-4-9-7(2)8(3)13-11(9)5-10(6)12;/h4-5,13H,12H2,1-3H3;1H. The molecule has 0 saturated heterocycles. The Bertz CT molecular complexity index is 472. The number of anilines is 1. The maximum atomic E-state index is 5.83. The Morgan fingerprint density at radius 3 is 2.43 bits per heavy atom. The molecule has 0 amide bonds. The smallest absolute Gasteiger partial charge is 0.0479 e. The maximum Gasteiger partial charge on any atom is 0.0479 e. The maximum absolute atomic E-state index is 5.83. The number of nitrogens with one attached hydrogen (secondary N) is 1. The second-order valence-corrected chi connectivity index (χ2v) is 3.63. The quantitative estimate of drug-likeness (QED) is 0.645. The predicted molar refractivity (Wildman–Crippen MR) is 64.2 cm³/mol. The van der Waals surface area contributed by atoms with Crippen LogP contribution in [0.1, 0.15) is 16.8 Å². The Kier molecular flexibility index (Phi) is 2.76. The molecular weight excluding hydrogens is 196 g/mol. The van der Waals surface area contributed by atoms with Crippen molar-refractivity contribution in [1.82, 2.24) is 4.98 Å². The van der Waals surface area contributed by atoms with Crippen LogP contribution in [0.3, 0.4) is 0 Å². The largest absolute Gasteiger partial charge is 0.398 e. The van der Waals surface area contributed by atoms with Gasteiger partial charge in [0.2, 0.25) is 0 Å². The number of benzene rings is 1. The number of fused-ring (bicyclic) bond motifs is 1. The topological polar surface area (TPSA) is 41.8 Å². The van der Waals surface area contributed by atoms with Crippen LogP contribution >= 0.6 is 12.4 Å². The van der Waals surface area contributed by atoms with Gasteiger partial charge in [-0.1, -0.05) is 0 Å². The van der Waals surface area contributed by atoms with Gasteiger partial charge in [-0.05, 0) is 44.0 Å². The zero-order valence-electron chi connectivity index (χ0n) is 8.64. The molecular formula is C11H15ClN2. The van der Waals surface area contributed by atoms with Gasteiger partial charge in [0.1, 0.15) is 0 Å². The van der Waals surface area contributed by atoms with Crippen LogP contribution in [-0.2, 0) is 0 Å². The fraction of sp³-hybridized carbons (Fsp3) is 0.273. The van der Waals surface area contributed by atoms with Crippen molar-refractivity contribution < 1.29 is 0 Å². The number of hydrogen-bond acceptors (Lipinski definition) is 1. The number of nitrogen functional groups attached to an aromatic ring is 1. The van der Waals surface area contributed by atoms with Gasteiger partial charge in [-0.3, -0.25) is 0 Å². The van der Waals surface area contributed by atoms with E-state index < -0.39 is 0 Å². The van der Waals surface area contributed by atoms with Crippen molar-refractivity contribution in [3.05, 3.63) is 29.0 Å². The lowest BCUT2D eigenvalue weighted by Crippen LogP contribution is -1.88. The first-order valence-corrected chi connectivity index (χ1v) is 4.44. The van der Waals surface area contributed by atoms with Crippen LogP contribution in [0.5, 0.6) is 0 Å². The minimum Gasteiger partial charge on any atom is -0.398 e. The van der Waals surface area contributed by atoms with Gasteiger partial charge in [-0.15, -0.1) is 12.4 Å². The minimum atomic E-state index is 0. The molecule has 76 valence electrons. The lowest BCUT2D eigenvalue weighted by Gasteiger charge is -1.99. The van der Waals surface area contributed by atoms with Crippen LogP contribution in [0.2, 0.25) is 0 Å². The molecule has 2 aromatic rings. The van der Waals surface area contributed by atoms with E-state index in [-0.39, 0.29) is 12.4 Å². The first kappa shape index (κ1) is 10.9. The van der Waals surface area contributed by atoms with Crippen LogP contribution in [0.4, 0.5) is 5.69 Å². The highest BCUT2D eigenvalue weighted by Crippen LogP contribution is 2.25. The van der Waals surface area contributed by atoms with Gasteiger partial charge in [-0.2, -0.15) is 0 Å². The average Bonchev–Trinajstić information content (AvgIpc) is 2.32. The number of hydrogen-bond donors (Lipinski definition) is 2. The van der Waals surface area contributed by atoms with E-state index in [0.29, 0.717) is 0 Å². The van der Waals surface area contributed by atoms with Gasteiger partial charge in [0.05, 0.1) is 0 Å². The first-order chi connectivity index (χ1) is 6.09.